The second-order valence-corrected chi connectivity index (χ2v) is 6.73. The third-order valence-electron chi connectivity index (χ3n) is 5.41. The van der Waals surface area contributed by atoms with Crippen molar-refractivity contribution < 1.29 is 9.53 Å². The van der Waals surface area contributed by atoms with Crippen LogP contribution in [0.5, 0.6) is 0 Å². The molecule has 2 bridgehead atoms. The van der Waals surface area contributed by atoms with Gasteiger partial charge in [-0.3, -0.25) is 4.79 Å². The number of amides is 1. The van der Waals surface area contributed by atoms with Gasteiger partial charge in [0.25, 0.3) is 0 Å². The topological polar surface area (TPSA) is 55.6 Å². The lowest BCUT2D eigenvalue weighted by Crippen LogP contribution is -2.53. The van der Waals surface area contributed by atoms with E-state index in [1.54, 1.807) is 0 Å². The van der Waals surface area contributed by atoms with Crippen LogP contribution >= 0.6 is 0 Å². The van der Waals surface area contributed by atoms with Crippen molar-refractivity contribution in [1.29, 1.82) is 0 Å². The molecule has 3 rings (SSSR count). The molecule has 5 unspecified atom stereocenters. The number of hydrogen-bond acceptors (Lipinski definition) is 3. The average molecular weight is 266 g/mol. The lowest BCUT2D eigenvalue weighted by molar-refractivity contribution is -0.145. The summed E-state index contributed by atoms with van der Waals surface area (Å²) >= 11 is 0. The van der Waals surface area contributed by atoms with E-state index in [-0.39, 0.29) is 12.1 Å². The number of ether oxygens (including phenoxy) is 1. The van der Waals surface area contributed by atoms with Gasteiger partial charge in [-0.2, -0.15) is 0 Å². The predicted octanol–water partition coefficient (Wildman–Crippen LogP) is 1.39. The fraction of sp³-hybridized carbons (Fsp3) is 0.933. The van der Waals surface area contributed by atoms with E-state index >= 15 is 0 Å². The van der Waals surface area contributed by atoms with Gasteiger partial charge in [0.15, 0.2) is 0 Å². The number of carbonyl (C=O) groups excluding carboxylic acids is 1. The van der Waals surface area contributed by atoms with E-state index in [0.29, 0.717) is 31.5 Å². The van der Waals surface area contributed by atoms with E-state index in [1.807, 2.05) is 4.90 Å². The number of hydrogen-bond donors (Lipinski definition) is 1. The van der Waals surface area contributed by atoms with Gasteiger partial charge >= 0.3 is 0 Å². The minimum atomic E-state index is 0.0279. The lowest BCUT2D eigenvalue weighted by Gasteiger charge is -2.38. The minimum absolute atomic E-state index is 0.0279. The van der Waals surface area contributed by atoms with E-state index in [9.17, 15) is 4.79 Å². The molecule has 1 aliphatic heterocycles. The summed E-state index contributed by atoms with van der Waals surface area (Å²) in [5.41, 5.74) is 5.66. The molecule has 2 saturated carbocycles. The number of fused-ring (bicyclic) bond motifs is 2. The summed E-state index contributed by atoms with van der Waals surface area (Å²) in [6.07, 6.45) is 6.20. The molecular formula is C15H26N2O2. The van der Waals surface area contributed by atoms with Gasteiger partial charge in [0.1, 0.15) is 0 Å². The van der Waals surface area contributed by atoms with Crippen molar-refractivity contribution in [1.82, 2.24) is 4.90 Å². The van der Waals surface area contributed by atoms with E-state index in [2.05, 4.69) is 6.92 Å². The fourth-order valence-corrected chi connectivity index (χ4v) is 4.28. The van der Waals surface area contributed by atoms with Gasteiger partial charge in [-0.25, -0.2) is 0 Å². The van der Waals surface area contributed by atoms with E-state index < -0.39 is 0 Å². The highest BCUT2D eigenvalue weighted by Crippen LogP contribution is 2.49. The van der Waals surface area contributed by atoms with Crippen LogP contribution in [0.1, 0.15) is 39.0 Å². The molecule has 2 N–H and O–H groups in total. The molecule has 0 aromatic heterocycles. The Morgan fingerprint density at radius 2 is 2.21 bits per heavy atom. The number of nitrogens with two attached hydrogens (primary N) is 1. The van der Waals surface area contributed by atoms with Crippen LogP contribution in [0.3, 0.4) is 0 Å². The highest BCUT2D eigenvalue weighted by Gasteiger charge is 2.41. The normalized spacial score (nSPS) is 41.8. The molecule has 1 heterocycles. The molecule has 0 aromatic carbocycles. The van der Waals surface area contributed by atoms with Crippen LogP contribution in [0.4, 0.5) is 0 Å². The molecule has 4 heteroatoms. The van der Waals surface area contributed by atoms with E-state index in [4.69, 9.17) is 10.5 Å². The number of nitrogens with zero attached hydrogens (tertiary/aromatic N) is 1. The van der Waals surface area contributed by atoms with Crippen molar-refractivity contribution in [2.45, 2.75) is 51.2 Å². The first-order valence-electron chi connectivity index (χ1n) is 7.78. The Morgan fingerprint density at radius 3 is 2.84 bits per heavy atom. The molecule has 2 aliphatic carbocycles. The number of morpholine rings is 1. The van der Waals surface area contributed by atoms with Gasteiger partial charge in [0.05, 0.1) is 18.8 Å². The minimum Gasteiger partial charge on any atom is -0.373 e. The standard InChI is InChI=1S/C15H26N2O2/c1-10-9-19-14(7-16)8-17(10)15(18)6-13-5-11-2-3-12(13)4-11/h10-14H,2-9,16H2,1H3. The van der Waals surface area contributed by atoms with Crippen molar-refractivity contribution >= 4 is 5.91 Å². The molecular weight excluding hydrogens is 240 g/mol. The lowest BCUT2D eigenvalue weighted by atomic mass is 9.86. The first-order chi connectivity index (χ1) is 9.17. The zero-order valence-electron chi connectivity index (χ0n) is 11.9. The van der Waals surface area contributed by atoms with Crippen LogP contribution in [0.2, 0.25) is 0 Å². The second kappa shape index (κ2) is 5.41. The van der Waals surface area contributed by atoms with Crippen LogP contribution in [-0.4, -0.2) is 42.6 Å². The summed E-state index contributed by atoms with van der Waals surface area (Å²) in [5.74, 6) is 2.72. The van der Waals surface area contributed by atoms with Crippen LogP contribution in [0.25, 0.3) is 0 Å². The summed E-state index contributed by atoms with van der Waals surface area (Å²) < 4.78 is 5.62. The van der Waals surface area contributed by atoms with Gasteiger partial charge < -0.3 is 15.4 Å². The molecule has 1 saturated heterocycles. The molecule has 5 atom stereocenters. The third kappa shape index (κ3) is 2.65. The molecule has 1 amide bonds. The predicted molar refractivity (Wildman–Crippen MR) is 73.5 cm³/mol. The van der Waals surface area contributed by atoms with Gasteiger partial charge in [-0.1, -0.05) is 6.42 Å². The summed E-state index contributed by atoms with van der Waals surface area (Å²) in [5, 5.41) is 0. The monoisotopic (exact) mass is 266 g/mol. The van der Waals surface area contributed by atoms with Gasteiger partial charge in [-0.05, 0) is 43.9 Å². The maximum absolute atomic E-state index is 12.5. The molecule has 0 spiro atoms. The maximum atomic E-state index is 12.5. The summed E-state index contributed by atoms with van der Waals surface area (Å²) in [6.45, 7) is 3.89. The van der Waals surface area contributed by atoms with Crippen molar-refractivity contribution in [3.8, 4) is 0 Å². The molecule has 3 fully saturated rings. The molecule has 4 nitrogen and oxygen atoms in total. The Kier molecular flexibility index (Phi) is 3.81. The van der Waals surface area contributed by atoms with Crippen molar-refractivity contribution in [2.75, 3.05) is 19.7 Å². The average Bonchev–Trinajstić information content (AvgIpc) is 3.01. The maximum Gasteiger partial charge on any atom is 0.223 e. The summed E-state index contributed by atoms with van der Waals surface area (Å²) in [4.78, 5) is 14.5. The summed E-state index contributed by atoms with van der Waals surface area (Å²) in [7, 11) is 0. The molecule has 0 aromatic rings. The zero-order chi connectivity index (χ0) is 13.4. The first kappa shape index (κ1) is 13.4. The van der Waals surface area contributed by atoms with Gasteiger partial charge in [0, 0.05) is 19.5 Å². The highest BCUT2D eigenvalue weighted by molar-refractivity contribution is 5.77. The summed E-state index contributed by atoms with van der Waals surface area (Å²) in [6, 6.07) is 0.203. The second-order valence-electron chi connectivity index (χ2n) is 6.73. The Morgan fingerprint density at radius 1 is 1.37 bits per heavy atom. The number of rotatable bonds is 3. The Hall–Kier alpha value is -0.610. The van der Waals surface area contributed by atoms with Crippen molar-refractivity contribution in [3.63, 3.8) is 0 Å². The smallest absolute Gasteiger partial charge is 0.223 e. The Balaban J connectivity index is 1.57. The van der Waals surface area contributed by atoms with Gasteiger partial charge in [-0.15, -0.1) is 0 Å². The van der Waals surface area contributed by atoms with E-state index in [1.165, 1.54) is 25.7 Å². The molecule has 0 radical (unpaired) electrons. The van der Waals surface area contributed by atoms with Crippen molar-refractivity contribution in [2.24, 2.45) is 23.5 Å². The molecule has 3 aliphatic rings. The highest BCUT2D eigenvalue weighted by atomic mass is 16.5. The van der Waals surface area contributed by atoms with Crippen LogP contribution in [0.15, 0.2) is 0 Å². The molecule has 19 heavy (non-hydrogen) atoms. The Bertz CT molecular complexity index is 347. The quantitative estimate of drug-likeness (QED) is 0.840. The van der Waals surface area contributed by atoms with Crippen LogP contribution < -0.4 is 5.73 Å². The number of carbonyl (C=O) groups is 1. The first-order valence-corrected chi connectivity index (χ1v) is 7.78. The van der Waals surface area contributed by atoms with E-state index in [0.717, 1.165) is 18.3 Å². The largest absolute Gasteiger partial charge is 0.373 e. The third-order valence-corrected chi connectivity index (χ3v) is 5.41. The van der Waals surface area contributed by atoms with Crippen molar-refractivity contribution in [3.05, 3.63) is 0 Å². The van der Waals surface area contributed by atoms with Gasteiger partial charge in [0.2, 0.25) is 5.91 Å². The molecule has 108 valence electrons. The van der Waals surface area contributed by atoms with Crippen LogP contribution in [-0.2, 0) is 9.53 Å². The zero-order valence-corrected chi connectivity index (χ0v) is 11.9. The fourth-order valence-electron chi connectivity index (χ4n) is 4.28. The Labute approximate surface area is 115 Å². The van der Waals surface area contributed by atoms with Crippen LogP contribution in [0, 0.1) is 17.8 Å². The SMILES string of the molecule is CC1COC(CN)CN1C(=O)CC1CC2CCC1C2.